The highest BCUT2D eigenvalue weighted by atomic mass is 19.4. The first-order valence-electron chi connectivity index (χ1n) is 6.52. The van der Waals surface area contributed by atoms with Crippen LogP contribution in [-0.4, -0.2) is 16.2 Å². The van der Waals surface area contributed by atoms with E-state index in [0.29, 0.717) is 5.56 Å². The Balaban J connectivity index is 2.09. The number of hydrogen-bond acceptors (Lipinski definition) is 4. The molecular weight excluding hydrogens is 332 g/mol. The molecule has 1 amide bonds. The van der Waals surface area contributed by atoms with Gasteiger partial charge in [-0.1, -0.05) is 6.07 Å². The summed E-state index contributed by atoms with van der Waals surface area (Å²) in [6, 6.07) is 4.56. The lowest BCUT2D eigenvalue weighted by atomic mass is 10.2. The number of carbonyl (C=O) groups is 1. The number of rotatable bonds is 4. The molecular formula is C14H12F4N4O2. The first kappa shape index (κ1) is 17.3. The number of amides is 1. The van der Waals surface area contributed by atoms with Gasteiger partial charge in [0, 0.05) is 12.7 Å². The van der Waals surface area contributed by atoms with Gasteiger partial charge in [0.25, 0.3) is 0 Å². The van der Waals surface area contributed by atoms with Gasteiger partial charge >= 0.3 is 12.3 Å². The van der Waals surface area contributed by atoms with E-state index in [2.05, 4.69) is 10.3 Å². The van der Waals surface area contributed by atoms with E-state index in [0.717, 1.165) is 12.3 Å². The zero-order valence-electron chi connectivity index (χ0n) is 12.0. The maximum absolute atomic E-state index is 14.1. The Labute approximate surface area is 133 Å². The molecule has 2 rings (SSSR count). The van der Waals surface area contributed by atoms with E-state index >= 15 is 0 Å². The van der Waals surface area contributed by atoms with Crippen molar-refractivity contribution in [3.8, 4) is 0 Å². The van der Waals surface area contributed by atoms with Crippen LogP contribution in [0.15, 0.2) is 30.5 Å². The van der Waals surface area contributed by atoms with Crippen LogP contribution in [0.5, 0.6) is 0 Å². The summed E-state index contributed by atoms with van der Waals surface area (Å²) in [4.78, 5) is 13.8. The highest BCUT2D eigenvalue weighted by Crippen LogP contribution is 2.29. The molecule has 0 unspecified atom stereocenters. The number of nitrogen functional groups attached to an aromatic ring is 1. The molecule has 2 aromatic rings. The number of halogens is 4. The van der Waals surface area contributed by atoms with Crippen molar-refractivity contribution in [1.29, 1.82) is 0 Å². The fraction of sp³-hybridized carbons (Fsp3) is 0.143. The van der Waals surface area contributed by atoms with E-state index < -0.39 is 29.5 Å². The van der Waals surface area contributed by atoms with Crippen molar-refractivity contribution in [3.05, 3.63) is 47.5 Å². The maximum Gasteiger partial charge on any atom is 0.433 e. The smallest absolute Gasteiger partial charge is 0.433 e. The summed E-state index contributed by atoms with van der Waals surface area (Å²) >= 11 is 0. The standard InChI is InChI=1S/C14H12F4N4O2/c15-11-8(2-3-9(12(11)19)22-13(23)24)20-5-7-1-4-10(21-6-7)14(16,17)18/h1-4,6,20,22H,5,19H2,(H,23,24). The Morgan fingerprint density at radius 1 is 1.21 bits per heavy atom. The molecule has 0 aliphatic rings. The number of carboxylic acid groups (broad SMARTS) is 1. The minimum atomic E-state index is -4.53. The number of nitrogens with zero attached hydrogens (tertiary/aromatic N) is 1. The van der Waals surface area contributed by atoms with Crippen LogP contribution in [0.3, 0.4) is 0 Å². The quantitative estimate of drug-likeness (QED) is 0.502. The predicted molar refractivity (Wildman–Crippen MR) is 79.0 cm³/mol. The van der Waals surface area contributed by atoms with E-state index in [1.54, 1.807) is 0 Å². The van der Waals surface area contributed by atoms with E-state index in [9.17, 15) is 22.4 Å². The topological polar surface area (TPSA) is 100 Å². The molecule has 1 heterocycles. The summed E-state index contributed by atoms with van der Waals surface area (Å²) in [5.41, 5.74) is 4.34. The third kappa shape index (κ3) is 4.03. The number of pyridine rings is 1. The summed E-state index contributed by atoms with van der Waals surface area (Å²) in [6.07, 6.45) is -4.89. The number of benzene rings is 1. The van der Waals surface area contributed by atoms with Gasteiger partial charge in [-0.3, -0.25) is 10.3 Å². The van der Waals surface area contributed by atoms with Crippen molar-refractivity contribution in [2.45, 2.75) is 12.7 Å². The first-order valence-corrected chi connectivity index (χ1v) is 6.52. The molecule has 0 radical (unpaired) electrons. The second kappa shape index (κ2) is 6.60. The minimum Gasteiger partial charge on any atom is -0.465 e. The average molecular weight is 344 g/mol. The predicted octanol–water partition coefficient (Wildman–Crippen LogP) is 3.52. The Bertz CT molecular complexity index is 748. The van der Waals surface area contributed by atoms with Crippen LogP contribution in [0, 0.1) is 5.82 Å². The Morgan fingerprint density at radius 2 is 1.88 bits per heavy atom. The minimum absolute atomic E-state index is 0.00715. The van der Waals surface area contributed by atoms with Gasteiger partial charge in [0.1, 0.15) is 5.69 Å². The van der Waals surface area contributed by atoms with Gasteiger partial charge in [0.15, 0.2) is 5.82 Å². The van der Waals surface area contributed by atoms with Crippen LogP contribution in [0.25, 0.3) is 0 Å². The van der Waals surface area contributed by atoms with E-state index in [-0.39, 0.29) is 17.9 Å². The Morgan fingerprint density at radius 3 is 2.42 bits per heavy atom. The molecule has 24 heavy (non-hydrogen) atoms. The van der Waals surface area contributed by atoms with Gasteiger partial charge in [-0.05, 0) is 23.8 Å². The molecule has 128 valence electrons. The molecule has 0 spiro atoms. The second-order valence-electron chi connectivity index (χ2n) is 4.72. The Kier molecular flexibility index (Phi) is 4.77. The largest absolute Gasteiger partial charge is 0.465 e. The monoisotopic (exact) mass is 344 g/mol. The van der Waals surface area contributed by atoms with Crippen LogP contribution < -0.4 is 16.4 Å². The molecule has 0 atom stereocenters. The van der Waals surface area contributed by atoms with Crippen molar-refractivity contribution < 1.29 is 27.5 Å². The zero-order valence-corrected chi connectivity index (χ0v) is 12.0. The molecule has 0 saturated heterocycles. The first-order chi connectivity index (χ1) is 11.2. The van der Waals surface area contributed by atoms with Crippen molar-refractivity contribution >= 4 is 23.2 Å². The fourth-order valence-electron chi connectivity index (χ4n) is 1.85. The van der Waals surface area contributed by atoms with Gasteiger partial charge < -0.3 is 16.2 Å². The SMILES string of the molecule is Nc1c(NC(=O)O)ccc(NCc2ccc(C(F)(F)F)nc2)c1F. The molecule has 0 saturated carbocycles. The molecule has 0 aliphatic carbocycles. The van der Waals surface area contributed by atoms with E-state index in [1.807, 2.05) is 5.32 Å². The molecule has 10 heteroatoms. The summed E-state index contributed by atoms with van der Waals surface area (Å²) in [7, 11) is 0. The lowest BCUT2D eigenvalue weighted by molar-refractivity contribution is -0.141. The van der Waals surface area contributed by atoms with E-state index in [1.165, 1.54) is 18.2 Å². The second-order valence-corrected chi connectivity index (χ2v) is 4.72. The Hall–Kier alpha value is -3.04. The van der Waals surface area contributed by atoms with Gasteiger partial charge in [-0.25, -0.2) is 9.18 Å². The third-order valence-electron chi connectivity index (χ3n) is 3.02. The number of hydrogen-bond donors (Lipinski definition) is 4. The van der Waals surface area contributed by atoms with Crippen LogP contribution in [0.4, 0.5) is 39.4 Å². The highest BCUT2D eigenvalue weighted by Gasteiger charge is 2.31. The third-order valence-corrected chi connectivity index (χ3v) is 3.02. The number of anilines is 3. The maximum atomic E-state index is 14.1. The van der Waals surface area contributed by atoms with Gasteiger partial charge in [-0.2, -0.15) is 13.2 Å². The molecule has 1 aromatic heterocycles. The molecule has 1 aromatic carbocycles. The lowest BCUT2D eigenvalue weighted by Crippen LogP contribution is -2.12. The van der Waals surface area contributed by atoms with Crippen molar-refractivity contribution in [1.82, 2.24) is 4.98 Å². The van der Waals surface area contributed by atoms with Crippen LogP contribution in [-0.2, 0) is 12.7 Å². The van der Waals surface area contributed by atoms with Crippen LogP contribution in [0.1, 0.15) is 11.3 Å². The average Bonchev–Trinajstić information content (AvgIpc) is 2.50. The van der Waals surface area contributed by atoms with Gasteiger partial charge in [0.05, 0.1) is 17.1 Å². The van der Waals surface area contributed by atoms with Crippen molar-refractivity contribution in [2.75, 3.05) is 16.4 Å². The summed E-state index contributed by atoms with van der Waals surface area (Å²) in [5.74, 6) is -0.874. The van der Waals surface area contributed by atoms with Gasteiger partial charge in [-0.15, -0.1) is 0 Å². The highest BCUT2D eigenvalue weighted by molar-refractivity contribution is 5.88. The van der Waals surface area contributed by atoms with E-state index in [4.69, 9.17) is 10.8 Å². The normalized spacial score (nSPS) is 11.2. The summed E-state index contributed by atoms with van der Waals surface area (Å²) < 4.78 is 51.3. The number of nitrogens with two attached hydrogens (primary N) is 1. The van der Waals surface area contributed by atoms with Gasteiger partial charge in [0.2, 0.25) is 0 Å². The molecule has 0 bridgehead atoms. The number of nitrogens with one attached hydrogen (secondary N) is 2. The fourth-order valence-corrected chi connectivity index (χ4v) is 1.85. The van der Waals surface area contributed by atoms with Crippen molar-refractivity contribution in [2.24, 2.45) is 0 Å². The zero-order chi connectivity index (χ0) is 17.9. The molecule has 5 N–H and O–H groups in total. The molecule has 6 nitrogen and oxygen atoms in total. The van der Waals surface area contributed by atoms with Crippen molar-refractivity contribution in [3.63, 3.8) is 0 Å². The van der Waals surface area contributed by atoms with Crippen LogP contribution >= 0.6 is 0 Å². The van der Waals surface area contributed by atoms with Crippen LogP contribution in [0.2, 0.25) is 0 Å². The molecule has 0 fully saturated rings. The summed E-state index contributed by atoms with van der Waals surface area (Å²) in [5, 5.41) is 13.2. The number of alkyl halides is 3. The number of aromatic nitrogens is 1. The molecule has 0 aliphatic heterocycles. The lowest BCUT2D eigenvalue weighted by Gasteiger charge is -2.12. The summed E-state index contributed by atoms with van der Waals surface area (Å²) in [6.45, 7) is 0.00715.